The smallest absolute Gasteiger partial charge is 0.342 e. The van der Waals surface area contributed by atoms with E-state index >= 15 is 0 Å². The van der Waals surface area contributed by atoms with Crippen LogP contribution in [0.15, 0.2) is 48.5 Å². The van der Waals surface area contributed by atoms with Crippen molar-refractivity contribution in [3.05, 3.63) is 48.5 Å². The average molecular weight is 410 g/mol. The minimum Gasteiger partial charge on any atom is -0.497 e. The molecule has 0 saturated carbocycles. The third-order valence-electron chi connectivity index (χ3n) is 5.18. The summed E-state index contributed by atoms with van der Waals surface area (Å²) in [6.07, 6.45) is 3.02. The molecule has 0 N–H and O–H groups in total. The Hall–Kier alpha value is -3.35. The molecule has 2 aromatic carbocycles. The predicted molar refractivity (Wildman–Crippen MR) is 114 cm³/mol. The van der Waals surface area contributed by atoms with Gasteiger partial charge in [0.2, 0.25) is 11.8 Å². The van der Waals surface area contributed by atoms with E-state index in [1.807, 2.05) is 0 Å². The molecule has 7 nitrogen and oxygen atoms in total. The van der Waals surface area contributed by atoms with Crippen LogP contribution in [-0.4, -0.2) is 32.1 Å². The number of hydrogen-bond donors (Lipinski definition) is 0. The van der Waals surface area contributed by atoms with E-state index in [1.54, 1.807) is 62.8 Å². The van der Waals surface area contributed by atoms with Crippen LogP contribution in [0.3, 0.4) is 0 Å². The van der Waals surface area contributed by atoms with Crippen molar-refractivity contribution in [1.82, 2.24) is 0 Å². The van der Waals surface area contributed by atoms with Gasteiger partial charge in [-0.05, 0) is 55.0 Å². The molecule has 1 heterocycles. The van der Waals surface area contributed by atoms with Gasteiger partial charge in [0.05, 0.1) is 25.6 Å². The zero-order valence-electron chi connectivity index (χ0n) is 17.5. The first-order chi connectivity index (χ1) is 14.5. The number of unbranched alkanes of at least 4 members (excludes halogenated alkanes) is 2. The summed E-state index contributed by atoms with van der Waals surface area (Å²) in [7, 11) is 3.08. The highest BCUT2D eigenvalue weighted by molar-refractivity contribution is 6.36. The zero-order valence-corrected chi connectivity index (χ0v) is 17.5. The van der Waals surface area contributed by atoms with Gasteiger partial charge >= 0.3 is 6.03 Å². The van der Waals surface area contributed by atoms with Gasteiger partial charge in [-0.3, -0.25) is 9.59 Å². The van der Waals surface area contributed by atoms with Crippen molar-refractivity contribution in [1.29, 1.82) is 0 Å². The van der Waals surface area contributed by atoms with Crippen LogP contribution in [0.2, 0.25) is 0 Å². The normalized spacial score (nSPS) is 15.0. The highest BCUT2D eigenvalue weighted by atomic mass is 16.5. The molecule has 0 atom stereocenters. The van der Waals surface area contributed by atoms with Gasteiger partial charge in [0, 0.05) is 0 Å². The molecule has 0 radical (unpaired) electrons. The summed E-state index contributed by atoms with van der Waals surface area (Å²) in [6.45, 7) is 2.06. The summed E-state index contributed by atoms with van der Waals surface area (Å²) in [5, 5.41) is 0. The number of methoxy groups -OCH3 is 2. The molecule has 2 aromatic rings. The molecule has 0 aromatic heterocycles. The second-order valence-corrected chi connectivity index (χ2v) is 7.07. The molecule has 0 aliphatic carbocycles. The maximum Gasteiger partial charge on any atom is 0.342 e. The maximum absolute atomic E-state index is 13.3. The number of barbiturate groups is 1. The molecule has 3 rings (SSSR count). The van der Waals surface area contributed by atoms with Crippen LogP contribution in [0.1, 0.15) is 32.6 Å². The van der Waals surface area contributed by atoms with Crippen molar-refractivity contribution in [3.8, 4) is 11.5 Å². The van der Waals surface area contributed by atoms with Crippen LogP contribution in [0.5, 0.6) is 11.5 Å². The first-order valence-corrected chi connectivity index (χ1v) is 10.0. The molecule has 1 saturated heterocycles. The van der Waals surface area contributed by atoms with Gasteiger partial charge in [-0.1, -0.05) is 26.2 Å². The number of ether oxygens (including phenoxy) is 2. The van der Waals surface area contributed by atoms with Crippen LogP contribution in [0.25, 0.3) is 0 Å². The van der Waals surface area contributed by atoms with Crippen LogP contribution in [0, 0.1) is 5.92 Å². The lowest BCUT2D eigenvalue weighted by Crippen LogP contribution is -2.60. The van der Waals surface area contributed by atoms with E-state index < -0.39 is 23.8 Å². The van der Waals surface area contributed by atoms with E-state index in [1.165, 1.54) is 0 Å². The number of amides is 4. The van der Waals surface area contributed by atoms with Gasteiger partial charge in [-0.2, -0.15) is 0 Å². The number of hydrogen-bond acceptors (Lipinski definition) is 5. The van der Waals surface area contributed by atoms with Crippen molar-refractivity contribution in [2.45, 2.75) is 32.6 Å². The lowest BCUT2D eigenvalue weighted by atomic mass is 9.95. The van der Waals surface area contributed by atoms with E-state index in [4.69, 9.17) is 9.47 Å². The maximum atomic E-state index is 13.3. The monoisotopic (exact) mass is 410 g/mol. The number of nitrogens with zero attached hydrogens (tertiary/aromatic N) is 2. The number of benzene rings is 2. The van der Waals surface area contributed by atoms with Crippen molar-refractivity contribution >= 4 is 29.2 Å². The zero-order chi connectivity index (χ0) is 21.7. The summed E-state index contributed by atoms with van der Waals surface area (Å²) in [5.74, 6) is -0.665. The van der Waals surface area contributed by atoms with Gasteiger partial charge < -0.3 is 9.47 Å². The van der Waals surface area contributed by atoms with Crippen LogP contribution in [-0.2, 0) is 9.59 Å². The van der Waals surface area contributed by atoms with Gasteiger partial charge in [0.15, 0.2) is 0 Å². The van der Waals surface area contributed by atoms with Gasteiger partial charge in [0.1, 0.15) is 17.4 Å². The van der Waals surface area contributed by atoms with Crippen molar-refractivity contribution in [2.75, 3.05) is 24.0 Å². The number of anilines is 2. The SMILES string of the molecule is CCCCCC1C(=O)N(c2ccc(OC)cc2)C(=O)N(c2ccc(OC)cc2)C1=O. The molecule has 1 aliphatic rings. The molecule has 158 valence electrons. The Balaban J connectivity index is 2.00. The molecular weight excluding hydrogens is 384 g/mol. The first-order valence-electron chi connectivity index (χ1n) is 10.0. The van der Waals surface area contributed by atoms with E-state index in [-0.39, 0.29) is 0 Å². The van der Waals surface area contributed by atoms with Crippen LogP contribution in [0.4, 0.5) is 16.2 Å². The number of rotatable bonds is 8. The summed E-state index contributed by atoms with van der Waals surface area (Å²) in [6, 6.07) is 12.6. The second-order valence-electron chi connectivity index (χ2n) is 7.07. The minimum absolute atomic E-state index is 0.400. The minimum atomic E-state index is -0.904. The molecule has 4 amide bonds. The van der Waals surface area contributed by atoms with Crippen molar-refractivity contribution < 1.29 is 23.9 Å². The lowest BCUT2D eigenvalue weighted by Gasteiger charge is -2.37. The Labute approximate surface area is 176 Å². The lowest BCUT2D eigenvalue weighted by molar-refractivity contribution is -0.133. The molecule has 0 bridgehead atoms. The molecule has 7 heteroatoms. The molecule has 0 unspecified atom stereocenters. The van der Waals surface area contributed by atoms with Crippen molar-refractivity contribution in [2.24, 2.45) is 5.92 Å². The first kappa shape index (κ1) is 21.4. The van der Waals surface area contributed by atoms with E-state index in [0.717, 1.165) is 29.1 Å². The summed E-state index contributed by atoms with van der Waals surface area (Å²) in [5.41, 5.74) is 0.801. The largest absolute Gasteiger partial charge is 0.497 e. The third kappa shape index (κ3) is 4.15. The number of urea groups is 1. The molecule has 0 spiro atoms. The Morgan fingerprint density at radius 1 is 0.733 bits per heavy atom. The number of carbonyl (C=O) groups excluding carboxylic acids is 3. The molecule has 1 fully saturated rings. The van der Waals surface area contributed by atoms with E-state index in [2.05, 4.69) is 6.92 Å². The van der Waals surface area contributed by atoms with Crippen LogP contribution < -0.4 is 19.3 Å². The predicted octanol–water partition coefficient (Wildman–Crippen LogP) is 4.40. The van der Waals surface area contributed by atoms with Gasteiger partial charge in [-0.15, -0.1) is 0 Å². The van der Waals surface area contributed by atoms with Crippen molar-refractivity contribution in [3.63, 3.8) is 0 Å². The third-order valence-corrected chi connectivity index (χ3v) is 5.18. The summed E-state index contributed by atoms with van der Waals surface area (Å²) in [4.78, 5) is 41.8. The highest BCUT2D eigenvalue weighted by Crippen LogP contribution is 2.32. The Morgan fingerprint density at radius 2 is 1.17 bits per heavy atom. The topological polar surface area (TPSA) is 76.2 Å². The molecule has 1 aliphatic heterocycles. The fourth-order valence-electron chi connectivity index (χ4n) is 3.49. The molecule has 30 heavy (non-hydrogen) atoms. The highest BCUT2D eigenvalue weighted by Gasteiger charge is 2.46. The average Bonchev–Trinajstić information content (AvgIpc) is 2.77. The second kappa shape index (κ2) is 9.43. The van der Waals surface area contributed by atoms with Gasteiger partial charge in [0.25, 0.3) is 0 Å². The Bertz CT molecular complexity index is 839. The van der Waals surface area contributed by atoms with E-state index in [0.29, 0.717) is 29.3 Å². The fraction of sp³-hybridized carbons (Fsp3) is 0.348. The summed E-state index contributed by atoms with van der Waals surface area (Å²) >= 11 is 0. The Morgan fingerprint density at radius 3 is 1.53 bits per heavy atom. The quantitative estimate of drug-likeness (QED) is 0.476. The summed E-state index contributed by atoms with van der Waals surface area (Å²) < 4.78 is 10.3. The van der Waals surface area contributed by atoms with E-state index in [9.17, 15) is 14.4 Å². The number of imide groups is 2. The van der Waals surface area contributed by atoms with Gasteiger partial charge in [-0.25, -0.2) is 14.6 Å². The Kier molecular flexibility index (Phi) is 6.72. The fourth-order valence-corrected chi connectivity index (χ4v) is 3.49. The number of carbonyl (C=O) groups is 3. The standard InChI is InChI=1S/C23H26N2O5/c1-4-5-6-7-20-21(26)24(16-8-12-18(29-2)13-9-16)23(28)25(22(20)27)17-10-14-19(30-3)15-11-17/h8-15,20H,4-7H2,1-3H3. The molecular formula is C23H26N2O5. The van der Waals surface area contributed by atoms with Crippen LogP contribution >= 0.6 is 0 Å².